The fourth-order valence-corrected chi connectivity index (χ4v) is 1.16. The number of rotatable bonds is 2. The molecule has 3 nitrogen and oxygen atoms in total. The van der Waals surface area contributed by atoms with Gasteiger partial charge in [-0.15, -0.1) is 0 Å². The van der Waals surface area contributed by atoms with E-state index in [1.807, 2.05) is 0 Å². The Morgan fingerprint density at radius 3 is 2.71 bits per heavy atom. The molecule has 1 aromatic rings. The van der Waals surface area contributed by atoms with Crippen LogP contribution in [0.3, 0.4) is 0 Å². The third kappa shape index (κ3) is 1.97. The highest BCUT2D eigenvalue weighted by Gasteiger charge is 2.18. The third-order valence-corrected chi connectivity index (χ3v) is 1.99. The zero-order chi connectivity index (χ0) is 10.7. The lowest BCUT2D eigenvalue weighted by Gasteiger charge is -2.06. The molecule has 0 aliphatic heterocycles. The summed E-state index contributed by atoms with van der Waals surface area (Å²) in [6, 6.07) is 2.78. The molecule has 1 N–H and O–H groups in total. The van der Waals surface area contributed by atoms with E-state index in [0.717, 1.165) is 0 Å². The summed E-state index contributed by atoms with van der Waals surface area (Å²) in [6.45, 7) is -0.504. The Bertz CT molecular complexity index is 390. The molecule has 0 amide bonds. The zero-order valence-corrected chi connectivity index (χ0v) is 7.59. The second-order valence-electron chi connectivity index (χ2n) is 2.44. The standard InChI is InChI=1S/C8H5ClF2N2O/c9-6-4(3-14)1-5(2-12)13-7(6)8(10)11/h1,8,14H,3H2. The van der Waals surface area contributed by atoms with Crippen molar-refractivity contribution in [2.45, 2.75) is 13.0 Å². The Morgan fingerprint density at radius 2 is 2.29 bits per heavy atom. The maximum atomic E-state index is 12.3. The minimum absolute atomic E-state index is 0.0773. The largest absolute Gasteiger partial charge is 0.392 e. The number of nitriles is 1. The molecule has 0 spiro atoms. The number of nitrogens with zero attached hydrogens (tertiary/aromatic N) is 2. The van der Waals surface area contributed by atoms with Gasteiger partial charge in [0.05, 0.1) is 11.6 Å². The molecule has 1 heterocycles. The number of aliphatic hydroxyl groups is 1. The summed E-state index contributed by atoms with van der Waals surface area (Å²) in [5.74, 6) is 0. The first-order valence-electron chi connectivity index (χ1n) is 3.58. The molecule has 0 aliphatic carbocycles. The highest BCUT2D eigenvalue weighted by molar-refractivity contribution is 6.32. The molecular weight excluding hydrogens is 214 g/mol. The van der Waals surface area contributed by atoms with Crippen molar-refractivity contribution in [2.75, 3.05) is 0 Å². The van der Waals surface area contributed by atoms with Crippen molar-refractivity contribution in [2.24, 2.45) is 0 Å². The summed E-state index contributed by atoms with van der Waals surface area (Å²) in [5, 5.41) is 17.0. The van der Waals surface area contributed by atoms with Crippen LogP contribution in [0, 0.1) is 11.3 Å². The Balaban J connectivity index is 3.36. The molecule has 0 fully saturated rings. The molecule has 0 unspecified atom stereocenters. The lowest BCUT2D eigenvalue weighted by molar-refractivity contribution is 0.145. The molecule has 0 bridgehead atoms. The van der Waals surface area contributed by atoms with Crippen molar-refractivity contribution in [3.05, 3.63) is 28.0 Å². The minimum atomic E-state index is -2.86. The maximum absolute atomic E-state index is 12.3. The summed E-state index contributed by atoms with van der Waals surface area (Å²) in [4.78, 5) is 3.34. The molecule has 0 saturated carbocycles. The Morgan fingerprint density at radius 1 is 1.64 bits per heavy atom. The smallest absolute Gasteiger partial charge is 0.281 e. The second kappa shape index (κ2) is 4.31. The molecule has 74 valence electrons. The van der Waals surface area contributed by atoms with Gasteiger partial charge in [0.1, 0.15) is 17.5 Å². The van der Waals surface area contributed by atoms with Crippen molar-refractivity contribution < 1.29 is 13.9 Å². The normalized spacial score (nSPS) is 10.3. The van der Waals surface area contributed by atoms with Crippen LogP contribution in [0.1, 0.15) is 23.4 Å². The molecule has 0 atom stereocenters. The number of hydrogen-bond donors (Lipinski definition) is 1. The molecule has 14 heavy (non-hydrogen) atoms. The Hall–Kier alpha value is -1.25. The zero-order valence-electron chi connectivity index (χ0n) is 6.84. The summed E-state index contributed by atoms with van der Waals surface area (Å²) in [6.07, 6.45) is -2.86. The van der Waals surface area contributed by atoms with E-state index < -0.39 is 18.7 Å². The fraction of sp³-hybridized carbons (Fsp3) is 0.250. The number of aliphatic hydroxyl groups excluding tert-OH is 1. The van der Waals surface area contributed by atoms with Gasteiger partial charge in [0.25, 0.3) is 6.43 Å². The van der Waals surface area contributed by atoms with E-state index >= 15 is 0 Å². The highest BCUT2D eigenvalue weighted by Crippen LogP contribution is 2.28. The van der Waals surface area contributed by atoms with Gasteiger partial charge in [-0.25, -0.2) is 13.8 Å². The van der Waals surface area contributed by atoms with Crippen LogP contribution < -0.4 is 0 Å². The van der Waals surface area contributed by atoms with Crippen LogP contribution in [-0.2, 0) is 6.61 Å². The van der Waals surface area contributed by atoms with E-state index in [1.165, 1.54) is 6.07 Å². The van der Waals surface area contributed by atoms with Crippen LogP contribution in [-0.4, -0.2) is 10.1 Å². The second-order valence-corrected chi connectivity index (χ2v) is 2.81. The molecule has 0 radical (unpaired) electrons. The van der Waals surface area contributed by atoms with Crippen LogP contribution in [0.5, 0.6) is 0 Å². The lowest BCUT2D eigenvalue weighted by Crippen LogP contribution is -1.99. The minimum Gasteiger partial charge on any atom is -0.392 e. The number of halogens is 3. The van der Waals surface area contributed by atoms with Gasteiger partial charge in [0.15, 0.2) is 0 Å². The SMILES string of the molecule is N#Cc1cc(CO)c(Cl)c(C(F)F)n1. The topological polar surface area (TPSA) is 56.9 Å². The number of alkyl halides is 2. The molecule has 0 aliphatic rings. The maximum Gasteiger partial charge on any atom is 0.281 e. The molecule has 1 rings (SSSR count). The van der Waals surface area contributed by atoms with Crippen LogP contribution >= 0.6 is 11.6 Å². The van der Waals surface area contributed by atoms with Crippen molar-refractivity contribution in [3.63, 3.8) is 0 Å². The lowest BCUT2D eigenvalue weighted by atomic mass is 10.2. The summed E-state index contributed by atoms with van der Waals surface area (Å²) in [7, 11) is 0. The quantitative estimate of drug-likeness (QED) is 0.826. The Kier molecular flexibility index (Phi) is 3.33. The van der Waals surface area contributed by atoms with Gasteiger partial charge in [-0.05, 0) is 6.07 Å². The number of aromatic nitrogens is 1. The van der Waals surface area contributed by atoms with E-state index in [9.17, 15) is 8.78 Å². The predicted octanol–water partition coefficient (Wildman–Crippen LogP) is 2.04. The summed E-state index contributed by atoms with van der Waals surface area (Å²) >= 11 is 5.52. The van der Waals surface area contributed by atoms with Gasteiger partial charge in [-0.3, -0.25) is 0 Å². The molecular formula is C8H5ClF2N2O. The fourth-order valence-electron chi connectivity index (χ4n) is 0.921. The van der Waals surface area contributed by atoms with E-state index in [1.54, 1.807) is 6.07 Å². The summed E-state index contributed by atoms with van der Waals surface area (Å²) < 4.78 is 24.6. The van der Waals surface area contributed by atoms with Crippen LogP contribution in [0.25, 0.3) is 0 Å². The van der Waals surface area contributed by atoms with Gasteiger partial charge in [-0.1, -0.05) is 11.6 Å². The van der Waals surface area contributed by atoms with E-state index in [4.69, 9.17) is 22.0 Å². The van der Waals surface area contributed by atoms with Gasteiger partial charge in [-0.2, -0.15) is 5.26 Å². The number of pyridine rings is 1. The predicted molar refractivity (Wildman–Crippen MR) is 44.8 cm³/mol. The van der Waals surface area contributed by atoms with Crippen molar-refractivity contribution in [1.82, 2.24) is 4.98 Å². The van der Waals surface area contributed by atoms with Crippen LogP contribution in [0.4, 0.5) is 8.78 Å². The van der Waals surface area contributed by atoms with Crippen molar-refractivity contribution in [3.8, 4) is 6.07 Å². The molecule has 0 aromatic carbocycles. The van der Waals surface area contributed by atoms with E-state index in [2.05, 4.69) is 4.98 Å². The van der Waals surface area contributed by atoms with Gasteiger partial charge >= 0.3 is 0 Å². The van der Waals surface area contributed by atoms with Crippen LogP contribution in [0.2, 0.25) is 5.02 Å². The van der Waals surface area contributed by atoms with Crippen molar-refractivity contribution >= 4 is 11.6 Å². The average molecular weight is 219 g/mol. The third-order valence-electron chi connectivity index (χ3n) is 1.55. The first kappa shape index (κ1) is 10.8. The average Bonchev–Trinajstić information content (AvgIpc) is 2.17. The number of hydrogen-bond acceptors (Lipinski definition) is 3. The van der Waals surface area contributed by atoms with Crippen LogP contribution in [0.15, 0.2) is 6.07 Å². The Labute approximate surface area is 83.6 Å². The van der Waals surface area contributed by atoms with Gasteiger partial charge in [0, 0.05) is 5.56 Å². The van der Waals surface area contributed by atoms with Crippen molar-refractivity contribution in [1.29, 1.82) is 5.26 Å². The van der Waals surface area contributed by atoms with E-state index in [0.29, 0.717) is 0 Å². The molecule has 0 saturated heterocycles. The molecule has 6 heteroatoms. The van der Waals surface area contributed by atoms with Gasteiger partial charge < -0.3 is 5.11 Å². The highest BCUT2D eigenvalue weighted by atomic mass is 35.5. The molecule has 1 aromatic heterocycles. The summed E-state index contributed by atoms with van der Waals surface area (Å²) in [5.41, 5.74) is -0.781. The first-order valence-corrected chi connectivity index (χ1v) is 3.96. The van der Waals surface area contributed by atoms with E-state index in [-0.39, 0.29) is 16.3 Å². The first-order chi connectivity index (χ1) is 6.60. The monoisotopic (exact) mass is 218 g/mol. The van der Waals surface area contributed by atoms with Gasteiger partial charge in [0.2, 0.25) is 0 Å².